The second kappa shape index (κ2) is 8.89. The largest absolute Gasteiger partial charge is 2.00 e. The molecule has 132 valence electrons. The summed E-state index contributed by atoms with van der Waals surface area (Å²) in [4.78, 5) is -2.78. The van der Waals surface area contributed by atoms with E-state index in [1.54, 1.807) is 0 Å². The molecule has 0 spiro atoms. The van der Waals surface area contributed by atoms with Gasteiger partial charge in [0.25, 0.3) is 0 Å². The van der Waals surface area contributed by atoms with Gasteiger partial charge in [0.05, 0.1) is 18.0 Å². The maximum absolute atomic E-state index is 10.6. The number of phenols is 4. The molecule has 25 heavy (non-hydrogen) atoms. The van der Waals surface area contributed by atoms with Gasteiger partial charge >= 0.3 is 37.7 Å². The fourth-order valence-corrected chi connectivity index (χ4v) is 2.13. The third kappa shape index (κ3) is 7.23. The summed E-state index contributed by atoms with van der Waals surface area (Å²) < 4.78 is 106. The Morgan fingerprint density at radius 1 is 0.720 bits per heavy atom. The molecule has 0 saturated carbocycles. The fraction of sp³-hybridized carbons (Fsp3) is 0. The summed E-state index contributed by atoms with van der Waals surface area (Å²) >= 11 is 0. The second-order valence-corrected chi connectivity index (χ2v) is 6.34. The summed E-state index contributed by atoms with van der Waals surface area (Å²) in [6.07, 6.45) is 0. The van der Waals surface area contributed by atoms with Gasteiger partial charge in [0.15, 0.2) is 0 Å². The van der Waals surface area contributed by atoms with Crippen LogP contribution in [0.25, 0.3) is 0 Å². The van der Waals surface area contributed by atoms with Gasteiger partial charge in [0, 0.05) is 12.1 Å². The number of rotatable bonds is 2. The Morgan fingerprint density at radius 2 is 1.00 bits per heavy atom. The summed E-state index contributed by atoms with van der Waals surface area (Å²) in [5, 5.41) is 36.3. The van der Waals surface area contributed by atoms with Gasteiger partial charge in [-0.05, 0) is 24.2 Å². The molecule has 0 heterocycles. The first-order valence-electron chi connectivity index (χ1n) is 8.30. The van der Waals surface area contributed by atoms with Crippen LogP contribution in [-0.2, 0) is 20.2 Å². The number of benzene rings is 2. The molecule has 2 aromatic rings. The first-order valence-corrected chi connectivity index (χ1v) is 8.12. The molecule has 0 amide bonds. The monoisotopic (exact) mass is 424 g/mol. The number of phenolic OH excluding ortho intramolecular Hbond substituents is 4. The second-order valence-electron chi connectivity index (χ2n) is 3.71. The molecule has 0 saturated heterocycles. The van der Waals surface area contributed by atoms with E-state index in [9.17, 15) is 25.9 Å². The van der Waals surface area contributed by atoms with Gasteiger partial charge in [-0.25, -0.2) is 16.8 Å². The number of hydrogen-bond acceptors (Lipinski definition) is 10. The van der Waals surface area contributed by atoms with Gasteiger partial charge in [0.2, 0.25) is 0 Å². The van der Waals surface area contributed by atoms with E-state index in [4.69, 9.17) is 28.7 Å². The van der Waals surface area contributed by atoms with E-state index in [2.05, 4.69) is 0 Å². The molecule has 4 N–H and O–H groups in total. The maximum Gasteiger partial charge on any atom is 2.00 e. The minimum atomic E-state index is -5.18. The van der Waals surface area contributed by atoms with Crippen molar-refractivity contribution in [2.24, 2.45) is 0 Å². The first kappa shape index (κ1) is 14.8. The Kier molecular flexibility index (Phi) is 5.28. The zero-order valence-corrected chi connectivity index (χ0v) is 15.6. The molecule has 0 bridgehead atoms. The average molecular weight is 424 g/mol. The van der Waals surface area contributed by atoms with Crippen LogP contribution in [0.5, 0.6) is 23.0 Å². The maximum atomic E-state index is 10.6. The van der Waals surface area contributed by atoms with Crippen molar-refractivity contribution in [3.63, 3.8) is 0 Å². The Labute approximate surface area is 180 Å². The van der Waals surface area contributed by atoms with Crippen molar-refractivity contribution in [1.29, 1.82) is 0 Å². The average Bonchev–Trinajstić information content (AvgIpc) is 2.60. The predicted octanol–water partition coefficient (Wildman–Crippen LogP) is -0.377. The van der Waals surface area contributed by atoms with E-state index in [1.807, 2.05) is 0 Å². The molecule has 0 aliphatic heterocycles. The molecule has 0 aliphatic rings. The van der Waals surface area contributed by atoms with Crippen molar-refractivity contribution in [2.75, 3.05) is 0 Å². The Morgan fingerprint density at radius 3 is 1.24 bits per heavy atom. The number of hydrogen-bond donors (Lipinski definition) is 4. The fourth-order valence-electron chi connectivity index (χ4n) is 1.11. The molecule has 0 aliphatic carbocycles. The Hall–Kier alpha value is -1.28. The van der Waals surface area contributed by atoms with Crippen LogP contribution in [0.2, 0.25) is 0 Å². The number of aromatic hydroxyl groups is 4. The van der Waals surface area contributed by atoms with Gasteiger partial charge in [-0.1, -0.05) is 0 Å². The van der Waals surface area contributed by atoms with Crippen LogP contribution in [0.4, 0.5) is 0 Å². The van der Waals surface area contributed by atoms with Crippen LogP contribution >= 0.6 is 0 Å². The van der Waals surface area contributed by atoms with Crippen LogP contribution in [0, 0.1) is 0 Å². The van der Waals surface area contributed by atoms with E-state index < -0.39 is 89.3 Å². The SMILES string of the molecule is [2H]c1c([2H])c(O)c(S(=O)(=O)[O-])c([2H])c1O.[2H]c1c([2H])c(O)c(S(=O)(=O)[O-])c([2H])c1O.[Ca+2]. The molecule has 10 nitrogen and oxygen atoms in total. The topological polar surface area (TPSA) is 195 Å². The van der Waals surface area contributed by atoms with Crippen molar-refractivity contribution in [3.05, 3.63) is 36.3 Å². The van der Waals surface area contributed by atoms with Crippen molar-refractivity contribution in [2.45, 2.75) is 9.79 Å². The minimum absolute atomic E-state index is 0. The van der Waals surface area contributed by atoms with Gasteiger partial charge in [-0.3, -0.25) is 0 Å². The van der Waals surface area contributed by atoms with Crippen LogP contribution in [0.3, 0.4) is 0 Å². The van der Waals surface area contributed by atoms with E-state index in [1.165, 1.54) is 0 Å². The molecule has 13 heteroatoms. The summed E-state index contributed by atoms with van der Waals surface area (Å²) in [6.45, 7) is 0. The van der Waals surface area contributed by atoms with E-state index in [0.717, 1.165) is 0 Å². The van der Waals surface area contributed by atoms with Crippen LogP contribution in [0.1, 0.15) is 8.22 Å². The van der Waals surface area contributed by atoms with Gasteiger partial charge in [0.1, 0.15) is 43.2 Å². The molecule has 0 aromatic heterocycles. The summed E-state index contributed by atoms with van der Waals surface area (Å²) in [7, 11) is -10.4. The minimum Gasteiger partial charge on any atom is -0.744 e. The molecule has 2 rings (SSSR count). The van der Waals surface area contributed by atoms with E-state index >= 15 is 0 Å². The molecular weight excluding hydrogens is 408 g/mol. The zero-order valence-electron chi connectivity index (χ0n) is 17.8. The summed E-state index contributed by atoms with van der Waals surface area (Å²) in [5.41, 5.74) is 0. The van der Waals surface area contributed by atoms with Crippen LogP contribution < -0.4 is 0 Å². The third-order valence-electron chi connectivity index (χ3n) is 1.99. The van der Waals surface area contributed by atoms with Crippen molar-refractivity contribution in [1.82, 2.24) is 0 Å². The molecule has 0 radical (unpaired) electrons. The molecule has 0 unspecified atom stereocenters. The first-order chi connectivity index (χ1) is 13.4. The zero-order chi connectivity index (χ0) is 23.9. The molecule has 0 fully saturated rings. The van der Waals surface area contributed by atoms with Crippen LogP contribution in [0.15, 0.2) is 46.0 Å². The van der Waals surface area contributed by atoms with E-state index in [-0.39, 0.29) is 37.7 Å². The van der Waals surface area contributed by atoms with Gasteiger partial charge in [-0.15, -0.1) is 0 Å². The third-order valence-corrected chi connectivity index (χ3v) is 3.58. The molecule has 0 atom stereocenters. The normalized spacial score (nSPS) is 14.3. The molecule has 2 aromatic carbocycles. The van der Waals surface area contributed by atoms with Gasteiger partial charge in [-0.2, -0.15) is 0 Å². The van der Waals surface area contributed by atoms with Gasteiger partial charge < -0.3 is 29.5 Å². The summed E-state index contributed by atoms with van der Waals surface area (Å²) in [6, 6.07) is -6.21. The smallest absolute Gasteiger partial charge is 0.744 e. The standard InChI is InChI=1S/2C6H6O5S.Ca/c2*7-4-1-2-5(8)6(3-4)12(9,10)11;/h2*1-3,7-8H,(H,9,10,11);/q;;+2/p-2/i2*1D,2D,3D;. The molecular formula is C12H10CaO10S2. The summed E-state index contributed by atoms with van der Waals surface area (Å²) in [5.74, 6) is -4.85. The quantitative estimate of drug-likeness (QED) is 0.280. The Balaban J connectivity index is 0.000000562. The van der Waals surface area contributed by atoms with E-state index in [0.29, 0.717) is 0 Å². The van der Waals surface area contributed by atoms with Crippen molar-refractivity contribution < 1.29 is 54.6 Å². The van der Waals surface area contributed by atoms with Crippen molar-refractivity contribution in [3.8, 4) is 23.0 Å². The van der Waals surface area contributed by atoms with Crippen LogP contribution in [-0.4, -0.2) is 84.1 Å². The predicted molar refractivity (Wildman–Crippen MR) is 81.2 cm³/mol. The Bertz CT molecular complexity index is 1090. The van der Waals surface area contributed by atoms with Crippen molar-refractivity contribution >= 4 is 58.0 Å².